The summed E-state index contributed by atoms with van der Waals surface area (Å²) in [5.41, 5.74) is 4.97. The van der Waals surface area contributed by atoms with E-state index in [0.29, 0.717) is 0 Å². The smallest absolute Gasteiger partial charge is 0.321 e. The second-order valence-corrected chi connectivity index (χ2v) is 5.21. The van der Waals surface area contributed by atoms with E-state index in [1.165, 1.54) is 0 Å². The van der Waals surface area contributed by atoms with Crippen LogP contribution in [0.15, 0.2) is 0 Å². The van der Waals surface area contributed by atoms with Gasteiger partial charge in [0.05, 0.1) is 19.1 Å². The molecule has 1 unspecified atom stereocenters. The minimum atomic E-state index is -1.52. The van der Waals surface area contributed by atoms with Gasteiger partial charge >= 0.3 is 5.97 Å². The van der Waals surface area contributed by atoms with Crippen LogP contribution in [-0.2, 0) is 19.1 Å². The van der Waals surface area contributed by atoms with Crippen LogP contribution >= 0.6 is 0 Å². The largest absolute Gasteiger partial charge is 0.480 e. The molecule has 1 aliphatic rings. The van der Waals surface area contributed by atoms with Crippen molar-refractivity contribution in [3.8, 4) is 0 Å². The number of aliphatic hydroxyl groups excluding tert-OH is 3. The maximum absolute atomic E-state index is 11.2. The molecule has 2 amide bonds. The van der Waals surface area contributed by atoms with Gasteiger partial charge in [-0.15, -0.1) is 0 Å². The van der Waals surface area contributed by atoms with Crippen LogP contribution < -0.4 is 16.4 Å². The molecule has 1 aliphatic heterocycles. The number of carboxylic acid groups (broad SMARTS) is 1. The van der Waals surface area contributed by atoms with E-state index in [2.05, 4.69) is 10.6 Å². The zero-order chi connectivity index (χ0) is 17.7. The van der Waals surface area contributed by atoms with Crippen LogP contribution in [0.2, 0.25) is 0 Å². The van der Waals surface area contributed by atoms with Gasteiger partial charge < -0.3 is 36.2 Å². The molecule has 8 N–H and O–H groups in total. The number of carboxylic acids is 1. The number of amides is 2. The highest BCUT2D eigenvalue weighted by atomic mass is 16.5. The van der Waals surface area contributed by atoms with Gasteiger partial charge in [0.25, 0.3) is 0 Å². The normalized spacial score (nSPS) is 32.1. The van der Waals surface area contributed by atoms with E-state index in [1.807, 2.05) is 0 Å². The number of hydrogen-bond donors (Lipinski definition) is 7. The van der Waals surface area contributed by atoms with Crippen molar-refractivity contribution in [3.63, 3.8) is 0 Å². The molecule has 1 fully saturated rings. The third-order valence-electron chi connectivity index (χ3n) is 3.37. The number of hydrogen-bond acceptors (Lipinski definition) is 8. The maximum atomic E-state index is 11.2. The number of primary amides is 1. The van der Waals surface area contributed by atoms with E-state index >= 15 is 0 Å². The Morgan fingerprint density at radius 1 is 1.26 bits per heavy atom. The lowest BCUT2D eigenvalue weighted by Gasteiger charge is -2.43. The number of nitrogens with two attached hydrogens (primary N) is 1. The maximum Gasteiger partial charge on any atom is 0.321 e. The third kappa shape index (κ3) is 5.11. The lowest BCUT2D eigenvalue weighted by Crippen LogP contribution is -2.69. The highest BCUT2D eigenvalue weighted by Crippen LogP contribution is 2.20. The number of aliphatic hydroxyl groups is 3. The zero-order valence-corrected chi connectivity index (χ0v) is 12.4. The lowest BCUT2D eigenvalue weighted by molar-refractivity contribution is -0.205. The highest BCUT2D eigenvalue weighted by molar-refractivity contribution is 5.83. The van der Waals surface area contributed by atoms with Gasteiger partial charge in [0.1, 0.15) is 30.6 Å². The van der Waals surface area contributed by atoms with Crippen LogP contribution in [0, 0.1) is 0 Å². The molecule has 6 atom stereocenters. The van der Waals surface area contributed by atoms with Crippen molar-refractivity contribution in [3.05, 3.63) is 0 Å². The predicted octanol–water partition coefficient (Wildman–Crippen LogP) is -4.15. The predicted molar refractivity (Wildman–Crippen MR) is 73.7 cm³/mol. The molecule has 0 aromatic carbocycles. The fourth-order valence-corrected chi connectivity index (χ4v) is 2.27. The first kappa shape index (κ1) is 19.3. The molecular formula is C12H21N3O8. The standard InChI is InChI=1S/C12H21N3O8/c1-4(17)14-8-10(20)9(19)6(3-16)23-11(8)15-5(12(21)22)2-7(13)18/h5-6,8-11,15-16,19-20H,2-3H2,1H3,(H2,13,18)(H,14,17)(H,21,22)/t5-,6-,8-,9-,10-,11?/m0/s1. The van der Waals surface area contributed by atoms with Crippen LogP contribution in [0.25, 0.3) is 0 Å². The first-order valence-electron chi connectivity index (χ1n) is 6.84. The highest BCUT2D eigenvalue weighted by Gasteiger charge is 2.45. The molecular weight excluding hydrogens is 314 g/mol. The number of nitrogens with one attached hydrogen (secondary N) is 2. The molecule has 0 radical (unpaired) electrons. The van der Waals surface area contributed by atoms with E-state index in [4.69, 9.17) is 20.7 Å². The summed E-state index contributed by atoms with van der Waals surface area (Å²) in [6, 6.07) is -2.63. The molecule has 132 valence electrons. The van der Waals surface area contributed by atoms with E-state index in [9.17, 15) is 24.6 Å². The van der Waals surface area contributed by atoms with E-state index in [1.54, 1.807) is 0 Å². The van der Waals surface area contributed by atoms with Crippen molar-refractivity contribution in [1.29, 1.82) is 0 Å². The molecule has 0 aromatic rings. The molecule has 1 rings (SSSR count). The minimum Gasteiger partial charge on any atom is -0.480 e. The lowest BCUT2D eigenvalue weighted by atomic mass is 9.95. The summed E-state index contributed by atoms with van der Waals surface area (Å²) in [6.07, 6.45) is -6.03. The van der Waals surface area contributed by atoms with Gasteiger partial charge in [0, 0.05) is 6.92 Å². The van der Waals surface area contributed by atoms with Gasteiger partial charge in [-0.25, -0.2) is 0 Å². The first-order chi connectivity index (χ1) is 10.7. The molecule has 1 heterocycles. The summed E-state index contributed by atoms with van der Waals surface area (Å²) in [5.74, 6) is -2.83. The molecule has 1 saturated heterocycles. The fraction of sp³-hybridized carbons (Fsp3) is 0.750. The Hall–Kier alpha value is -1.79. The van der Waals surface area contributed by atoms with Gasteiger partial charge in [-0.1, -0.05) is 0 Å². The quantitative estimate of drug-likeness (QED) is 0.242. The van der Waals surface area contributed by atoms with Crippen molar-refractivity contribution in [2.24, 2.45) is 5.73 Å². The number of carbonyl (C=O) groups is 3. The van der Waals surface area contributed by atoms with E-state index in [0.717, 1.165) is 6.92 Å². The number of rotatable bonds is 7. The summed E-state index contributed by atoms with van der Waals surface area (Å²) >= 11 is 0. The third-order valence-corrected chi connectivity index (χ3v) is 3.37. The number of ether oxygens (including phenoxy) is 1. The first-order valence-corrected chi connectivity index (χ1v) is 6.84. The van der Waals surface area contributed by atoms with E-state index in [-0.39, 0.29) is 0 Å². The Kier molecular flexibility index (Phi) is 6.84. The minimum absolute atomic E-state index is 0.551. The van der Waals surface area contributed by atoms with Crippen LogP contribution in [-0.4, -0.2) is 81.4 Å². The van der Waals surface area contributed by atoms with Crippen LogP contribution in [0.1, 0.15) is 13.3 Å². The summed E-state index contributed by atoms with van der Waals surface area (Å²) in [5, 5.41) is 42.9. The van der Waals surface area contributed by atoms with Crippen LogP contribution in [0.4, 0.5) is 0 Å². The monoisotopic (exact) mass is 335 g/mol. The number of aliphatic carboxylic acids is 1. The Labute approximate surface area is 131 Å². The van der Waals surface area contributed by atoms with Crippen LogP contribution in [0.3, 0.4) is 0 Å². The fourth-order valence-electron chi connectivity index (χ4n) is 2.27. The van der Waals surface area contributed by atoms with Crippen molar-refractivity contribution in [2.45, 2.75) is 50.0 Å². The second kappa shape index (κ2) is 8.17. The van der Waals surface area contributed by atoms with Gasteiger partial charge in [0.15, 0.2) is 0 Å². The van der Waals surface area contributed by atoms with Gasteiger partial charge in [-0.2, -0.15) is 0 Å². The van der Waals surface area contributed by atoms with Crippen LogP contribution in [0.5, 0.6) is 0 Å². The summed E-state index contributed by atoms with van der Waals surface area (Å²) in [6.45, 7) is 0.517. The molecule has 0 bridgehead atoms. The number of carbonyl (C=O) groups excluding carboxylic acids is 2. The van der Waals surface area contributed by atoms with Gasteiger partial charge in [0.2, 0.25) is 11.8 Å². The summed E-state index contributed by atoms with van der Waals surface area (Å²) in [7, 11) is 0. The van der Waals surface area contributed by atoms with Crippen molar-refractivity contribution in [1.82, 2.24) is 10.6 Å². The second-order valence-electron chi connectivity index (χ2n) is 5.21. The Balaban J connectivity index is 2.97. The average molecular weight is 335 g/mol. The van der Waals surface area contributed by atoms with Gasteiger partial charge in [-0.3, -0.25) is 19.7 Å². The molecule has 11 heteroatoms. The summed E-state index contributed by atoms with van der Waals surface area (Å²) in [4.78, 5) is 33.3. The van der Waals surface area contributed by atoms with Crippen molar-refractivity contribution >= 4 is 17.8 Å². The Morgan fingerprint density at radius 3 is 2.30 bits per heavy atom. The van der Waals surface area contributed by atoms with Crippen molar-refractivity contribution in [2.75, 3.05) is 6.61 Å². The molecule has 0 spiro atoms. The van der Waals surface area contributed by atoms with Gasteiger partial charge in [-0.05, 0) is 0 Å². The Morgan fingerprint density at radius 2 is 1.87 bits per heavy atom. The SMILES string of the molecule is CC(=O)N[C@@H]1C(N[C@@H](CC(N)=O)C(=O)O)O[C@@H](CO)[C@H](O)[C@H]1O. The average Bonchev–Trinajstić information content (AvgIpc) is 2.44. The summed E-state index contributed by atoms with van der Waals surface area (Å²) < 4.78 is 5.29. The van der Waals surface area contributed by atoms with Crippen molar-refractivity contribution < 1.29 is 39.5 Å². The Bertz CT molecular complexity index is 460. The zero-order valence-electron chi connectivity index (χ0n) is 12.4. The van der Waals surface area contributed by atoms with E-state index < -0.39 is 67.4 Å². The molecule has 23 heavy (non-hydrogen) atoms. The molecule has 11 nitrogen and oxygen atoms in total. The molecule has 0 aliphatic carbocycles. The molecule has 0 aromatic heterocycles. The topological polar surface area (TPSA) is 191 Å². The molecule has 0 saturated carbocycles.